The molecule has 2 rings (SSSR count). The first-order chi connectivity index (χ1) is 8.60. The first-order valence-corrected chi connectivity index (χ1v) is 5.47. The van der Waals surface area contributed by atoms with E-state index in [-0.39, 0.29) is 5.82 Å². The average molecular weight is 247 g/mol. The summed E-state index contributed by atoms with van der Waals surface area (Å²) in [5.41, 5.74) is 6.83. The van der Waals surface area contributed by atoms with Crippen molar-refractivity contribution in [3.8, 4) is 17.2 Å². The summed E-state index contributed by atoms with van der Waals surface area (Å²) in [6.45, 7) is 1.69. The fraction of sp³-hybridized carbons (Fsp3) is 0.143. The SMILES string of the molecule is COc1ccc(N)c(Oc2ccc(C)c(F)c2)c1. The van der Waals surface area contributed by atoms with Crippen molar-refractivity contribution in [3.63, 3.8) is 0 Å². The number of benzene rings is 2. The molecule has 2 aromatic carbocycles. The van der Waals surface area contributed by atoms with Gasteiger partial charge in [0.25, 0.3) is 0 Å². The van der Waals surface area contributed by atoms with Crippen molar-refractivity contribution in [1.82, 2.24) is 0 Å². The largest absolute Gasteiger partial charge is 0.497 e. The predicted molar refractivity (Wildman–Crippen MR) is 68.6 cm³/mol. The highest BCUT2D eigenvalue weighted by atomic mass is 19.1. The van der Waals surface area contributed by atoms with Gasteiger partial charge in [0, 0.05) is 12.1 Å². The number of anilines is 1. The van der Waals surface area contributed by atoms with Crippen molar-refractivity contribution >= 4 is 5.69 Å². The standard InChI is InChI=1S/C14H14FNO2/c1-9-3-4-11(7-12(9)15)18-14-8-10(17-2)5-6-13(14)16/h3-8H,16H2,1-2H3. The van der Waals surface area contributed by atoms with Crippen molar-refractivity contribution < 1.29 is 13.9 Å². The molecule has 0 spiro atoms. The van der Waals surface area contributed by atoms with E-state index in [1.807, 2.05) is 0 Å². The van der Waals surface area contributed by atoms with E-state index in [9.17, 15) is 4.39 Å². The van der Waals surface area contributed by atoms with E-state index in [1.54, 1.807) is 44.4 Å². The van der Waals surface area contributed by atoms with Gasteiger partial charge >= 0.3 is 0 Å². The van der Waals surface area contributed by atoms with Crippen LogP contribution in [-0.4, -0.2) is 7.11 Å². The predicted octanol–water partition coefficient (Wildman–Crippen LogP) is 3.52. The summed E-state index contributed by atoms with van der Waals surface area (Å²) in [6.07, 6.45) is 0. The number of nitrogen functional groups attached to an aromatic ring is 1. The molecule has 0 aliphatic carbocycles. The Kier molecular flexibility index (Phi) is 3.37. The molecule has 0 aliphatic heterocycles. The summed E-state index contributed by atoms with van der Waals surface area (Å²) >= 11 is 0. The van der Waals surface area contributed by atoms with Crippen molar-refractivity contribution in [2.75, 3.05) is 12.8 Å². The van der Waals surface area contributed by atoms with Gasteiger partial charge < -0.3 is 15.2 Å². The van der Waals surface area contributed by atoms with E-state index >= 15 is 0 Å². The van der Waals surface area contributed by atoms with Crippen LogP contribution in [0.5, 0.6) is 17.2 Å². The number of ether oxygens (including phenoxy) is 2. The maximum atomic E-state index is 13.4. The van der Waals surface area contributed by atoms with E-state index in [0.717, 1.165) is 0 Å². The zero-order valence-corrected chi connectivity index (χ0v) is 10.2. The number of rotatable bonds is 3. The molecular weight excluding hydrogens is 233 g/mol. The molecule has 2 aromatic rings. The zero-order chi connectivity index (χ0) is 13.1. The molecule has 0 aliphatic rings. The number of methoxy groups -OCH3 is 1. The average Bonchev–Trinajstić information content (AvgIpc) is 2.36. The summed E-state index contributed by atoms with van der Waals surface area (Å²) in [5.74, 6) is 1.16. The smallest absolute Gasteiger partial charge is 0.153 e. The van der Waals surface area contributed by atoms with E-state index in [4.69, 9.17) is 15.2 Å². The lowest BCUT2D eigenvalue weighted by atomic mass is 10.2. The van der Waals surface area contributed by atoms with Crippen LogP contribution in [0.25, 0.3) is 0 Å². The molecule has 0 heterocycles. The molecule has 0 radical (unpaired) electrons. The van der Waals surface area contributed by atoms with Crippen molar-refractivity contribution in [2.24, 2.45) is 0 Å². The van der Waals surface area contributed by atoms with Crippen LogP contribution in [-0.2, 0) is 0 Å². The Hall–Kier alpha value is -2.23. The Labute approximate surface area is 105 Å². The fourth-order valence-electron chi connectivity index (χ4n) is 1.49. The van der Waals surface area contributed by atoms with Gasteiger partial charge in [-0.1, -0.05) is 6.07 Å². The summed E-state index contributed by atoms with van der Waals surface area (Å²) in [5, 5.41) is 0. The number of halogens is 1. The minimum absolute atomic E-state index is 0.311. The second-order valence-corrected chi connectivity index (χ2v) is 3.92. The second-order valence-electron chi connectivity index (χ2n) is 3.92. The van der Waals surface area contributed by atoms with Gasteiger partial charge in [-0.3, -0.25) is 0 Å². The second kappa shape index (κ2) is 4.96. The zero-order valence-electron chi connectivity index (χ0n) is 10.2. The Balaban J connectivity index is 2.30. The molecule has 2 N–H and O–H groups in total. The maximum absolute atomic E-state index is 13.4. The van der Waals surface area contributed by atoms with Crippen molar-refractivity contribution in [2.45, 2.75) is 6.92 Å². The van der Waals surface area contributed by atoms with E-state index in [1.165, 1.54) is 6.07 Å². The highest BCUT2D eigenvalue weighted by Gasteiger charge is 2.06. The molecule has 0 aromatic heterocycles. The molecule has 4 heteroatoms. The summed E-state index contributed by atoms with van der Waals surface area (Å²) in [6, 6.07) is 9.75. The quantitative estimate of drug-likeness (QED) is 0.844. The van der Waals surface area contributed by atoms with Crippen LogP contribution >= 0.6 is 0 Å². The monoisotopic (exact) mass is 247 g/mol. The minimum Gasteiger partial charge on any atom is -0.497 e. The Morgan fingerprint density at radius 1 is 1.06 bits per heavy atom. The topological polar surface area (TPSA) is 44.5 Å². The van der Waals surface area contributed by atoms with Gasteiger partial charge in [0.2, 0.25) is 0 Å². The third-order valence-corrected chi connectivity index (χ3v) is 2.59. The fourth-order valence-corrected chi connectivity index (χ4v) is 1.49. The molecule has 0 saturated carbocycles. The van der Waals surface area contributed by atoms with Crippen LogP contribution in [0.4, 0.5) is 10.1 Å². The van der Waals surface area contributed by atoms with Gasteiger partial charge in [0.15, 0.2) is 5.75 Å². The number of hydrogen-bond donors (Lipinski definition) is 1. The Morgan fingerprint density at radius 3 is 2.44 bits per heavy atom. The summed E-state index contributed by atoms with van der Waals surface area (Å²) in [7, 11) is 1.56. The van der Waals surface area contributed by atoms with Crippen molar-refractivity contribution in [3.05, 3.63) is 47.8 Å². The summed E-state index contributed by atoms with van der Waals surface area (Å²) < 4.78 is 24.0. The first kappa shape index (κ1) is 12.2. The number of nitrogens with two attached hydrogens (primary N) is 1. The van der Waals surface area contributed by atoms with E-state index in [0.29, 0.717) is 28.5 Å². The van der Waals surface area contributed by atoms with Crippen LogP contribution in [0, 0.1) is 12.7 Å². The van der Waals surface area contributed by atoms with Gasteiger partial charge in [0.05, 0.1) is 12.8 Å². The molecular formula is C14H14FNO2. The third kappa shape index (κ3) is 2.53. The van der Waals surface area contributed by atoms with Crippen LogP contribution < -0.4 is 15.2 Å². The van der Waals surface area contributed by atoms with Gasteiger partial charge in [-0.05, 0) is 30.7 Å². The Bertz CT molecular complexity index is 570. The van der Waals surface area contributed by atoms with Gasteiger partial charge in [-0.2, -0.15) is 0 Å². The molecule has 94 valence electrons. The molecule has 0 amide bonds. The minimum atomic E-state index is -0.311. The van der Waals surface area contributed by atoms with E-state index in [2.05, 4.69) is 0 Å². The van der Waals surface area contributed by atoms with Gasteiger partial charge in [0.1, 0.15) is 17.3 Å². The molecule has 3 nitrogen and oxygen atoms in total. The highest BCUT2D eigenvalue weighted by molar-refractivity contribution is 5.57. The Morgan fingerprint density at radius 2 is 1.78 bits per heavy atom. The molecule has 0 fully saturated rings. The molecule has 0 saturated heterocycles. The van der Waals surface area contributed by atoms with Crippen LogP contribution in [0.3, 0.4) is 0 Å². The normalized spacial score (nSPS) is 10.2. The van der Waals surface area contributed by atoms with Crippen LogP contribution in [0.15, 0.2) is 36.4 Å². The van der Waals surface area contributed by atoms with Crippen molar-refractivity contribution in [1.29, 1.82) is 0 Å². The number of hydrogen-bond acceptors (Lipinski definition) is 3. The molecule has 18 heavy (non-hydrogen) atoms. The molecule has 0 unspecified atom stereocenters. The van der Waals surface area contributed by atoms with Gasteiger partial charge in [-0.25, -0.2) is 4.39 Å². The van der Waals surface area contributed by atoms with Crippen LogP contribution in [0.1, 0.15) is 5.56 Å². The lowest BCUT2D eigenvalue weighted by molar-refractivity contribution is 0.409. The van der Waals surface area contributed by atoms with Gasteiger partial charge in [-0.15, -0.1) is 0 Å². The lowest BCUT2D eigenvalue weighted by Gasteiger charge is -2.10. The highest BCUT2D eigenvalue weighted by Crippen LogP contribution is 2.31. The molecule has 0 atom stereocenters. The lowest BCUT2D eigenvalue weighted by Crippen LogP contribution is -1.94. The first-order valence-electron chi connectivity index (χ1n) is 5.47. The third-order valence-electron chi connectivity index (χ3n) is 2.59. The number of aryl methyl sites for hydroxylation is 1. The summed E-state index contributed by atoms with van der Waals surface area (Å²) in [4.78, 5) is 0. The molecule has 0 bridgehead atoms. The van der Waals surface area contributed by atoms with E-state index < -0.39 is 0 Å². The maximum Gasteiger partial charge on any atom is 0.153 e. The van der Waals surface area contributed by atoms with Crippen LogP contribution in [0.2, 0.25) is 0 Å².